The molecule has 1 N–H and O–H groups in total. The Morgan fingerprint density at radius 1 is 1.21 bits per heavy atom. The van der Waals surface area contributed by atoms with Crippen LogP contribution in [0, 0.1) is 5.92 Å². The van der Waals surface area contributed by atoms with Gasteiger partial charge in [-0.15, -0.1) is 15.7 Å². The molecule has 0 unspecified atom stereocenters. The quantitative estimate of drug-likeness (QED) is 0.537. The Hall–Kier alpha value is -3.25. The normalized spacial score (nSPS) is 14.4. The first-order chi connectivity index (χ1) is 15.7. The number of ether oxygens (including phenoxy) is 2. The van der Waals surface area contributed by atoms with Crippen molar-refractivity contribution >= 4 is 32.9 Å². The zero-order valence-electron chi connectivity index (χ0n) is 18.5. The Labute approximate surface area is 195 Å². The van der Waals surface area contributed by atoms with Crippen LogP contribution in [0.5, 0.6) is 11.5 Å². The molecule has 1 aliphatic heterocycles. The first-order valence-electron chi connectivity index (χ1n) is 10.1. The van der Waals surface area contributed by atoms with Crippen molar-refractivity contribution in [1.29, 1.82) is 0 Å². The van der Waals surface area contributed by atoms with E-state index in [1.54, 1.807) is 23.7 Å². The third-order valence-corrected chi connectivity index (χ3v) is 7.13. The second-order valence-electron chi connectivity index (χ2n) is 7.71. The molecule has 174 valence electrons. The summed E-state index contributed by atoms with van der Waals surface area (Å²) in [7, 11) is -1.27. The third kappa shape index (κ3) is 4.35. The summed E-state index contributed by atoms with van der Waals surface area (Å²) in [6, 6.07) is 4.56. The van der Waals surface area contributed by atoms with E-state index in [0.29, 0.717) is 35.3 Å². The Morgan fingerprint density at radius 2 is 2.00 bits per heavy atom. The number of aryl methyl sites for hydroxylation is 1. The molecule has 0 saturated heterocycles. The van der Waals surface area contributed by atoms with Gasteiger partial charge in [0.25, 0.3) is 15.6 Å². The van der Waals surface area contributed by atoms with Gasteiger partial charge in [-0.05, 0) is 24.5 Å². The van der Waals surface area contributed by atoms with E-state index in [2.05, 4.69) is 19.8 Å². The highest BCUT2D eigenvalue weighted by Crippen LogP contribution is 2.35. The highest BCUT2D eigenvalue weighted by molar-refractivity contribution is 7.90. The van der Waals surface area contributed by atoms with Gasteiger partial charge in [0, 0.05) is 24.2 Å². The van der Waals surface area contributed by atoms with Crippen molar-refractivity contribution in [2.75, 3.05) is 19.5 Å². The minimum absolute atomic E-state index is 0.0218. The van der Waals surface area contributed by atoms with Gasteiger partial charge in [0.2, 0.25) is 0 Å². The number of anilines is 1. The van der Waals surface area contributed by atoms with Crippen LogP contribution in [-0.4, -0.2) is 43.2 Å². The molecule has 12 heteroatoms. The summed E-state index contributed by atoms with van der Waals surface area (Å²) in [5, 5.41) is 9.79. The number of fused-ring (bicyclic) bond motifs is 1. The maximum atomic E-state index is 13.5. The Bertz CT molecular complexity index is 1380. The lowest BCUT2D eigenvalue weighted by Crippen LogP contribution is -2.35. The Kier molecular flexibility index (Phi) is 6.21. The van der Waals surface area contributed by atoms with E-state index in [1.165, 1.54) is 36.3 Å². The fourth-order valence-electron chi connectivity index (χ4n) is 3.35. The summed E-state index contributed by atoms with van der Waals surface area (Å²) >= 11 is 1.33. The molecule has 0 aliphatic carbocycles. The number of hydrogen-bond acceptors (Lipinski definition) is 9. The molecular weight excluding hydrogens is 466 g/mol. The van der Waals surface area contributed by atoms with Crippen LogP contribution in [0.15, 0.2) is 43.9 Å². The average Bonchev–Trinajstić information content (AvgIpc) is 3.31. The first-order valence-corrected chi connectivity index (χ1v) is 12.5. The summed E-state index contributed by atoms with van der Waals surface area (Å²) in [5.74, 6) is 0.684. The molecular formula is C21H23N5O5S2. The van der Waals surface area contributed by atoms with E-state index >= 15 is 0 Å². The van der Waals surface area contributed by atoms with E-state index in [9.17, 15) is 13.2 Å². The molecule has 0 radical (unpaired) electrons. The van der Waals surface area contributed by atoms with Gasteiger partial charge in [-0.3, -0.25) is 4.79 Å². The van der Waals surface area contributed by atoms with E-state index in [4.69, 9.17) is 9.47 Å². The van der Waals surface area contributed by atoms with Crippen LogP contribution in [0.4, 0.5) is 5.69 Å². The van der Waals surface area contributed by atoms with Gasteiger partial charge in [0.1, 0.15) is 21.2 Å². The SMILES string of the molecule is COc1ccc2c(c1)S(=O)(=O)N=C(c1c(OC)c(-c3nccs3)nn(CCC(C)C)c1=O)N2. The van der Waals surface area contributed by atoms with Crippen LogP contribution in [0.2, 0.25) is 0 Å². The van der Waals surface area contributed by atoms with Gasteiger partial charge in [-0.1, -0.05) is 13.8 Å². The third-order valence-electron chi connectivity index (χ3n) is 5.04. The molecule has 0 amide bonds. The standard InChI is InChI=1S/C21H23N5O5S2/c1-12(2)7-9-26-21(27)16(18(31-4)17(24-26)20-22-8-10-32-20)19-23-14-6-5-13(30-3)11-15(14)33(28,29)25-19/h5-6,8,10-12H,7,9H2,1-4H3,(H,23,25). The molecule has 10 nitrogen and oxygen atoms in total. The minimum Gasteiger partial charge on any atom is -0.497 e. The summed E-state index contributed by atoms with van der Waals surface area (Å²) in [4.78, 5) is 17.7. The lowest BCUT2D eigenvalue weighted by atomic mass is 10.1. The molecule has 3 aromatic rings. The monoisotopic (exact) mass is 489 g/mol. The zero-order chi connectivity index (χ0) is 23.8. The maximum absolute atomic E-state index is 13.5. The Balaban J connectivity index is 1.95. The first kappa shape index (κ1) is 22.9. The van der Waals surface area contributed by atoms with Crippen molar-refractivity contribution in [2.24, 2.45) is 10.3 Å². The number of methoxy groups -OCH3 is 2. The van der Waals surface area contributed by atoms with E-state index in [1.807, 2.05) is 13.8 Å². The molecule has 3 heterocycles. The van der Waals surface area contributed by atoms with E-state index < -0.39 is 15.6 Å². The van der Waals surface area contributed by atoms with Crippen molar-refractivity contribution in [2.45, 2.75) is 31.7 Å². The van der Waals surface area contributed by atoms with Crippen molar-refractivity contribution in [3.05, 3.63) is 45.7 Å². The molecule has 33 heavy (non-hydrogen) atoms. The maximum Gasteiger partial charge on any atom is 0.286 e. The Morgan fingerprint density at radius 3 is 2.64 bits per heavy atom. The number of sulfonamides is 1. The molecule has 1 aromatic carbocycles. The number of thiazole rings is 1. The van der Waals surface area contributed by atoms with Crippen molar-refractivity contribution in [1.82, 2.24) is 14.8 Å². The lowest BCUT2D eigenvalue weighted by molar-refractivity contribution is 0.403. The highest BCUT2D eigenvalue weighted by atomic mass is 32.2. The van der Waals surface area contributed by atoms with Crippen LogP contribution in [0.25, 0.3) is 10.7 Å². The van der Waals surface area contributed by atoms with E-state index in [0.717, 1.165) is 0 Å². The number of aromatic nitrogens is 3. The molecule has 0 atom stereocenters. The largest absolute Gasteiger partial charge is 0.497 e. The van der Waals surface area contributed by atoms with Crippen LogP contribution >= 0.6 is 11.3 Å². The van der Waals surface area contributed by atoms with Crippen LogP contribution in [-0.2, 0) is 16.6 Å². The van der Waals surface area contributed by atoms with Crippen molar-refractivity contribution in [3.8, 4) is 22.2 Å². The average molecular weight is 490 g/mol. The topological polar surface area (TPSA) is 125 Å². The van der Waals surface area contributed by atoms with Gasteiger partial charge in [-0.2, -0.15) is 13.5 Å². The number of hydrogen-bond donors (Lipinski definition) is 1. The summed E-state index contributed by atoms with van der Waals surface area (Å²) < 4.78 is 41.9. The zero-order valence-corrected chi connectivity index (χ0v) is 20.2. The fraction of sp³-hybridized carbons (Fsp3) is 0.333. The van der Waals surface area contributed by atoms with Crippen molar-refractivity contribution in [3.63, 3.8) is 0 Å². The molecule has 1 aliphatic rings. The highest BCUT2D eigenvalue weighted by Gasteiger charge is 2.32. The van der Waals surface area contributed by atoms with Gasteiger partial charge < -0.3 is 14.8 Å². The van der Waals surface area contributed by atoms with Gasteiger partial charge >= 0.3 is 0 Å². The molecule has 0 saturated carbocycles. The summed E-state index contributed by atoms with van der Waals surface area (Å²) in [6.07, 6.45) is 2.33. The van der Waals surface area contributed by atoms with Crippen LogP contribution < -0.4 is 20.3 Å². The van der Waals surface area contributed by atoms with Crippen LogP contribution in [0.3, 0.4) is 0 Å². The number of rotatable bonds is 7. The summed E-state index contributed by atoms with van der Waals surface area (Å²) in [5.41, 5.74) is 0.0922. The second-order valence-corrected chi connectivity index (χ2v) is 10.2. The molecule has 4 rings (SSSR count). The van der Waals surface area contributed by atoms with Gasteiger partial charge in [0.15, 0.2) is 17.3 Å². The summed E-state index contributed by atoms with van der Waals surface area (Å²) in [6.45, 7) is 4.43. The smallest absolute Gasteiger partial charge is 0.286 e. The van der Waals surface area contributed by atoms with E-state index in [-0.39, 0.29) is 27.7 Å². The fourth-order valence-corrected chi connectivity index (χ4v) is 5.11. The van der Waals surface area contributed by atoms with Crippen molar-refractivity contribution < 1.29 is 17.9 Å². The molecule has 2 aromatic heterocycles. The lowest BCUT2D eigenvalue weighted by Gasteiger charge is -2.21. The van der Waals surface area contributed by atoms with Gasteiger partial charge in [0.05, 0.1) is 19.9 Å². The number of nitrogens with zero attached hydrogens (tertiary/aromatic N) is 4. The molecule has 0 bridgehead atoms. The predicted molar refractivity (Wildman–Crippen MR) is 126 cm³/mol. The molecule has 0 fully saturated rings. The second kappa shape index (κ2) is 8.94. The number of nitrogens with one attached hydrogen (secondary N) is 1. The van der Waals surface area contributed by atoms with Gasteiger partial charge in [-0.25, -0.2) is 9.67 Å². The van der Waals surface area contributed by atoms with Crippen LogP contribution in [0.1, 0.15) is 25.8 Å². The molecule has 0 spiro atoms. The minimum atomic E-state index is -4.11. The predicted octanol–water partition coefficient (Wildman–Crippen LogP) is 2.99. The number of benzene rings is 1. The number of amidine groups is 1.